The van der Waals surface area contributed by atoms with Crippen LogP contribution in [0.1, 0.15) is 18.7 Å². The first-order chi connectivity index (χ1) is 9.31. The van der Waals surface area contributed by atoms with Gasteiger partial charge in [-0.1, -0.05) is 5.16 Å². The molecule has 0 aliphatic carbocycles. The van der Waals surface area contributed by atoms with Crippen molar-refractivity contribution in [1.82, 2.24) is 15.5 Å². The van der Waals surface area contributed by atoms with Crippen molar-refractivity contribution in [2.45, 2.75) is 19.3 Å². The van der Waals surface area contributed by atoms with Gasteiger partial charge < -0.3 is 9.84 Å². The van der Waals surface area contributed by atoms with Gasteiger partial charge in [0.05, 0.1) is 0 Å². The van der Waals surface area contributed by atoms with Crippen molar-refractivity contribution in [3.05, 3.63) is 36.0 Å². The van der Waals surface area contributed by atoms with E-state index in [-0.39, 0.29) is 18.2 Å². The van der Waals surface area contributed by atoms with Gasteiger partial charge in [-0.05, 0) is 56.1 Å². The van der Waals surface area contributed by atoms with E-state index in [1.54, 1.807) is 12.1 Å². The summed E-state index contributed by atoms with van der Waals surface area (Å²) in [4.78, 5) is 4.38. The molecule has 1 aliphatic rings. The first kappa shape index (κ1) is 14.9. The molecule has 0 bridgehead atoms. The van der Waals surface area contributed by atoms with Crippen LogP contribution in [-0.2, 0) is 6.42 Å². The summed E-state index contributed by atoms with van der Waals surface area (Å²) in [5, 5.41) is 7.29. The Bertz CT molecular complexity index is 538. The van der Waals surface area contributed by atoms with E-state index in [0.29, 0.717) is 17.6 Å². The second-order valence-corrected chi connectivity index (χ2v) is 4.92. The quantitative estimate of drug-likeness (QED) is 0.946. The zero-order valence-corrected chi connectivity index (χ0v) is 11.8. The normalized spacial score (nSPS) is 15.8. The average molecular weight is 298 g/mol. The number of benzene rings is 1. The van der Waals surface area contributed by atoms with Crippen molar-refractivity contribution in [1.29, 1.82) is 0 Å². The van der Waals surface area contributed by atoms with Crippen molar-refractivity contribution in [3.8, 4) is 11.4 Å². The minimum atomic E-state index is -0.262. The smallest absolute Gasteiger partial charge is 0.227 e. The molecule has 0 unspecified atom stereocenters. The largest absolute Gasteiger partial charge is 0.339 e. The number of nitrogens with one attached hydrogen (secondary N) is 1. The summed E-state index contributed by atoms with van der Waals surface area (Å²) >= 11 is 0. The van der Waals surface area contributed by atoms with Gasteiger partial charge in [0.2, 0.25) is 11.7 Å². The van der Waals surface area contributed by atoms with Crippen LogP contribution in [0.5, 0.6) is 0 Å². The minimum absolute atomic E-state index is 0. The van der Waals surface area contributed by atoms with Gasteiger partial charge in [0, 0.05) is 12.0 Å². The molecule has 0 amide bonds. The average Bonchev–Trinajstić information content (AvgIpc) is 2.89. The molecule has 0 atom stereocenters. The molecule has 0 spiro atoms. The van der Waals surface area contributed by atoms with E-state index in [4.69, 9.17) is 4.52 Å². The first-order valence-electron chi connectivity index (χ1n) is 6.60. The van der Waals surface area contributed by atoms with Crippen molar-refractivity contribution < 1.29 is 8.91 Å². The lowest BCUT2D eigenvalue weighted by atomic mass is 9.95. The molecule has 1 N–H and O–H groups in total. The number of hydrogen-bond donors (Lipinski definition) is 1. The number of hydrogen-bond acceptors (Lipinski definition) is 4. The third-order valence-electron chi connectivity index (χ3n) is 3.49. The molecule has 2 aromatic rings. The van der Waals surface area contributed by atoms with Crippen molar-refractivity contribution >= 4 is 12.4 Å². The molecule has 4 nitrogen and oxygen atoms in total. The first-order valence-corrected chi connectivity index (χ1v) is 6.60. The third kappa shape index (κ3) is 3.55. The fraction of sp³-hybridized carbons (Fsp3) is 0.429. The Morgan fingerprint density at radius 2 is 1.90 bits per heavy atom. The van der Waals surface area contributed by atoms with Gasteiger partial charge >= 0.3 is 0 Å². The van der Waals surface area contributed by atoms with Gasteiger partial charge in [-0.15, -0.1) is 12.4 Å². The van der Waals surface area contributed by atoms with Crippen LogP contribution in [0.4, 0.5) is 4.39 Å². The van der Waals surface area contributed by atoms with E-state index in [1.807, 2.05) is 0 Å². The lowest BCUT2D eigenvalue weighted by Crippen LogP contribution is -2.28. The molecule has 2 heterocycles. The fourth-order valence-electron chi connectivity index (χ4n) is 2.39. The van der Waals surface area contributed by atoms with Crippen LogP contribution in [0, 0.1) is 11.7 Å². The van der Waals surface area contributed by atoms with Gasteiger partial charge in [0.25, 0.3) is 0 Å². The summed E-state index contributed by atoms with van der Waals surface area (Å²) < 4.78 is 18.1. The highest BCUT2D eigenvalue weighted by molar-refractivity contribution is 5.85. The second-order valence-electron chi connectivity index (χ2n) is 4.92. The molecule has 20 heavy (non-hydrogen) atoms. The van der Waals surface area contributed by atoms with Crippen molar-refractivity contribution in [3.63, 3.8) is 0 Å². The Morgan fingerprint density at radius 1 is 1.20 bits per heavy atom. The predicted octanol–water partition coefficient (Wildman–Crippen LogP) is 2.84. The second kappa shape index (κ2) is 6.81. The van der Waals surface area contributed by atoms with Crippen LogP contribution in [0.3, 0.4) is 0 Å². The number of piperidine rings is 1. The summed E-state index contributed by atoms with van der Waals surface area (Å²) in [6.07, 6.45) is 3.12. The molecule has 0 radical (unpaired) electrons. The van der Waals surface area contributed by atoms with E-state index in [1.165, 1.54) is 12.1 Å². The molecule has 6 heteroatoms. The fourth-order valence-corrected chi connectivity index (χ4v) is 2.39. The van der Waals surface area contributed by atoms with Gasteiger partial charge in [-0.2, -0.15) is 4.98 Å². The molecule has 1 aromatic carbocycles. The Kier molecular flexibility index (Phi) is 5.09. The Hall–Kier alpha value is -1.46. The summed E-state index contributed by atoms with van der Waals surface area (Å²) in [6, 6.07) is 6.12. The number of nitrogens with zero attached hydrogens (tertiary/aromatic N) is 2. The summed E-state index contributed by atoms with van der Waals surface area (Å²) in [7, 11) is 0. The SMILES string of the molecule is Cl.Fc1ccc(-c2noc(CC3CCNCC3)n2)cc1. The topological polar surface area (TPSA) is 51.0 Å². The molecule has 1 aliphatic heterocycles. The molecule has 1 saturated heterocycles. The maximum absolute atomic E-state index is 12.8. The molecule has 3 rings (SSSR count). The molecule has 1 fully saturated rings. The van der Waals surface area contributed by atoms with E-state index in [0.717, 1.165) is 37.9 Å². The zero-order chi connectivity index (χ0) is 13.1. The molecular formula is C14H17ClFN3O. The number of rotatable bonds is 3. The van der Waals surface area contributed by atoms with E-state index < -0.39 is 0 Å². The third-order valence-corrected chi connectivity index (χ3v) is 3.49. The highest BCUT2D eigenvalue weighted by Gasteiger charge is 2.17. The molecular weight excluding hydrogens is 281 g/mol. The maximum atomic E-state index is 12.8. The van der Waals surface area contributed by atoms with Crippen LogP contribution in [0.25, 0.3) is 11.4 Å². The number of aromatic nitrogens is 2. The monoisotopic (exact) mass is 297 g/mol. The predicted molar refractivity (Wildman–Crippen MR) is 76.2 cm³/mol. The van der Waals surface area contributed by atoms with Gasteiger partial charge in [-0.25, -0.2) is 4.39 Å². The van der Waals surface area contributed by atoms with Crippen LogP contribution in [0.15, 0.2) is 28.8 Å². The highest BCUT2D eigenvalue weighted by atomic mass is 35.5. The lowest BCUT2D eigenvalue weighted by molar-refractivity contribution is 0.313. The van der Waals surface area contributed by atoms with Crippen LogP contribution in [-0.4, -0.2) is 23.2 Å². The van der Waals surface area contributed by atoms with E-state index in [2.05, 4.69) is 15.5 Å². The van der Waals surface area contributed by atoms with Gasteiger partial charge in [-0.3, -0.25) is 0 Å². The van der Waals surface area contributed by atoms with Crippen LogP contribution >= 0.6 is 12.4 Å². The molecule has 108 valence electrons. The van der Waals surface area contributed by atoms with Crippen molar-refractivity contribution in [2.24, 2.45) is 5.92 Å². The summed E-state index contributed by atoms with van der Waals surface area (Å²) in [5.41, 5.74) is 0.779. The van der Waals surface area contributed by atoms with E-state index in [9.17, 15) is 4.39 Å². The van der Waals surface area contributed by atoms with Crippen LogP contribution < -0.4 is 5.32 Å². The summed E-state index contributed by atoms with van der Waals surface area (Å²) in [6.45, 7) is 2.12. The zero-order valence-electron chi connectivity index (χ0n) is 11.0. The standard InChI is InChI=1S/C14H16FN3O.ClH/c15-12-3-1-11(2-4-12)14-17-13(19-18-14)9-10-5-7-16-8-6-10;/h1-4,10,16H,5-9H2;1H. The Morgan fingerprint density at radius 3 is 2.60 bits per heavy atom. The maximum Gasteiger partial charge on any atom is 0.227 e. The van der Waals surface area contributed by atoms with E-state index >= 15 is 0 Å². The van der Waals surface area contributed by atoms with Gasteiger partial charge in [0.1, 0.15) is 5.82 Å². The minimum Gasteiger partial charge on any atom is -0.339 e. The van der Waals surface area contributed by atoms with Crippen LogP contribution in [0.2, 0.25) is 0 Å². The molecule has 0 saturated carbocycles. The van der Waals surface area contributed by atoms with Gasteiger partial charge in [0.15, 0.2) is 0 Å². The Balaban J connectivity index is 0.00000147. The Labute approximate surface area is 123 Å². The van der Waals surface area contributed by atoms with Crippen molar-refractivity contribution in [2.75, 3.05) is 13.1 Å². The molecule has 1 aromatic heterocycles. The number of halogens is 2. The lowest BCUT2D eigenvalue weighted by Gasteiger charge is -2.20. The highest BCUT2D eigenvalue weighted by Crippen LogP contribution is 2.20. The summed E-state index contributed by atoms with van der Waals surface area (Å²) in [5.74, 6) is 1.56.